The Kier molecular flexibility index (Phi) is 4.20. The first-order chi connectivity index (χ1) is 5.00. The van der Waals surface area contributed by atoms with Gasteiger partial charge in [-0.15, -0.1) is 0 Å². The number of carbonyl (C=O) groups is 1. The minimum Gasteiger partial charge on any atom is -0.392 e. The molecule has 0 spiro atoms. The smallest absolute Gasteiger partial charge is 0.151 e. The highest BCUT2D eigenvalue weighted by molar-refractivity contribution is 5.56. The summed E-state index contributed by atoms with van der Waals surface area (Å²) in [4.78, 5) is 9.93. The average molecular weight is 163 g/mol. The van der Waals surface area contributed by atoms with Gasteiger partial charge in [-0.3, -0.25) is 0 Å². The summed E-state index contributed by atoms with van der Waals surface area (Å²) in [5.41, 5.74) is 5.22. The van der Waals surface area contributed by atoms with Crippen molar-refractivity contribution in [1.29, 1.82) is 0 Å². The molecule has 0 aliphatic heterocycles. The Labute approximate surface area is 64.4 Å². The van der Waals surface area contributed by atoms with E-state index < -0.39 is 24.4 Å². The van der Waals surface area contributed by atoms with Gasteiger partial charge in [0.25, 0.3) is 0 Å². The van der Waals surface area contributed by atoms with E-state index in [9.17, 15) is 4.79 Å². The molecule has 0 aromatic rings. The average Bonchev–Trinajstić information content (AvgIpc) is 2.00. The van der Waals surface area contributed by atoms with Crippen molar-refractivity contribution in [2.24, 2.45) is 5.73 Å². The number of hydrogen-bond acceptors (Lipinski definition) is 5. The van der Waals surface area contributed by atoms with Crippen LogP contribution in [0.25, 0.3) is 0 Å². The molecule has 5 heteroatoms. The van der Waals surface area contributed by atoms with Crippen molar-refractivity contribution in [3.63, 3.8) is 0 Å². The lowest BCUT2D eigenvalue weighted by Gasteiger charge is -2.22. The predicted octanol–water partition coefficient (Wildman–Crippen LogP) is -2.38. The van der Waals surface area contributed by atoms with Gasteiger partial charge in [0.1, 0.15) is 12.2 Å². The van der Waals surface area contributed by atoms with E-state index >= 15 is 0 Å². The van der Waals surface area contributed by atoms with Gasteiger partial charge in [-0.05, 0) is 6.92 Å². The van der Waals surface area contributed by atoms with Crippen molar-refractivity contribution in [3.8, 4) is 0 Å². The van der Waals surface area contributed by atoms with E-state index in [0.717, 1.165) is 0 Å². The third-order valence-electron chi connectivity index (χ3n) is 1.44. The van der Waals surface area contributed by atoms with Gasteiger partial charge in [0, 0.05) is 0 Å². The van der Waals surface area contributed by atoms with E-state index in [1.807, 2.05) is 0 Å². The lowest BCUT2D eigenvalue weighted by atomic mass is 10.0. The number of aliphatic hydroxyl groups excluding tert-OH is 3. The van der Waals surface area contributed by atoms with Crippen molar-refractivity contribution in [1.82, 2.24) is 0 Å². The molecule has 0 saturated heterocycles. The van der Waals surface area contributed by atoms with Crippen LogP contribution in [-0.2, 0) is 4.79 Å². The number of rotatable bonds is 4. The standard InChI is InChI=1S/C6H13NO4/c1-3(9)5(7)6(11)4(10)2-8/h2-6,9-11H,7H2,1H3/t3-,4+,5+,6-/m1/s1. The Hall–Kier alpha value is -0.490. The fourth-order valence-corrected chi connectivity index (χ4v) is 0.594. The second-order valence-corrected chi connectivity index (χ2v) is 2.44. The first kappa shape index (κ1) is 10.5. The monoisotopic (exact) mass is 163 g/mol. The molecule has 0 aromatic carbocycles. The third kappa shape index (κ3) is 2.94. The van der Waals surface area contributed by atoms with E-state index in [1.54, 1.807) is 0 Å². The fourth-order valence-electron chi connectivity index (χ4n) is 0.594. The summed E-state index contributed by atoms with van der Waals surface area (Å²) in [5, 5.41) is 26.6. The number of nitrogens with two attached hydrogens (primary N) is 1. The summed E-state index contributed by atoms with van der Waals surface area (Å²) in [6.07, 6.45) is -3.72. The van der Waals surface area contributed by atoms with Crippen LogP contribution in [0.4, 0.5) is 0 Å². The van der Waals surface area contributed by atoms with Crippen LogP contribution < -0.4 is 5.73 Å². The Morgan fingerprint density at radius 3 is 2.09 bits per heavy atom. The van der Waals surface area contributed by atoms with Crippen LogP contribution in [0.5, 0.6) is 0 Å². The van der Waals surface area contributed by atoms with E-state index in [2.05, 4.69) is 0 Å². The zero-order valence-electron chi connectivity index (χ0n) is 6.21. The second-order valence-electron chi connectivity index (χ2n) is 2.44. The summed E-state index contributed by atoms with van der Waals surface area (Å²) in [6.45, 7) is 1.37. The molecule has 0 heterocycles. The number of aliphatic hydroxyl groups is 3. The first-order valence-electron chi connectivity index (χ1n) is 3.25. The molecule has 0 unspecified atom stereocenters. The van der Waals surface area contributed by atoms with Crippen LogP contribution >= 0.6 is 0 Å². The molecular weight excluding hydrogens is 150 g/mol. The number of hydrogen-bond donors (Lipinski definition) is 4. The minimum atomic E-state index is -1.53. The maximum Gasteiger partial charge on any atom is 0.151 e. The molecule has 0 rings (SSSR count). The van der Waals surface area contributed by atoms with Gasteiger partial charge in [-0.25, -0.2) is 0 Å². The predicted molar refractivity (Wildman–Crippen MR) is 37.7 cm³/mol. The second kappa shape index (κ2) is 4.40. The van der Waals surface area contributed by atoms with Crippen LogP contribution in [-0.4, -0.2) is 46.0 Å². The highest BCUT2D eigenvalue weighted by Crippen LogP contribution is 1.99. The zero-order chi connectivity index (χ0) is 9.02. The Balaban J connectivity index is 4.00. The molecule has 66 valence electrons. The van der Waals surface area contributed by atoms with Crippen LogP contribution in [0.2, 0.25) is 0 Å². The Bertz CT molecular complexity index is 128. The third-order valence-corrected chi connectivity index (χ3v) is 1.44. The van der Waals surface area contributed by atoms with E-state index in [-0.39, 0.29) is 6.29 Å². The van der Waals surface area contributed by atoms with Gasteiger partial charge in [0.15, 0.2) is 6.29 Å². The lowest BCUT2D eigenvalue weighted by Crippen LogP contribution is -2.49. The van der Waals surface area contributed by atoms with Crippen LogP contribution in [0.1, 0.15) is 6.92 Å². The van der Waals surface area contributed by atoms with Gasteiger partial charge < -0.3 is 25.8 Å². The maximum absolute atomic E-state index is 9.93. The van der Waals surface area contributed by atoms with E-state index in [0.29, 0.717) is 0 Å². The molecule has 0 aliphatic carbocycles. The fraction of sp³-hybridized carbons (Fsp3) is 0.833. The summed E-state index contributed by atoms with van der Waals surface area (Å²) < 4.78 is 0. The van der Waals surface area contributed by atoms with Gasteiger partial charge in [0.2, 0.25) is 0 Å². The summed E-state index contributed by atoms with van der Waals surface area (Å²) in [5.74, 6) is 0. The van der Waals surface area contributed by atoms with Gasteiger partial charge >= 0.3 is 0 Å². The van der Waals surface area contributed by atoms with Gasteiger partial charge in [-0.1, -0.05) is 0 Å². The molecule has 0 radical (unpaired) electrons. The molecular formula is C6H13NO4. The molecule has 0 saturated carbocycles. The molecule has 0 aromatic heterocycles. The molecule has 0 fully saturated rings. The molecule has 0 aliphatic rings. The molecule has 5 nitrogen and oxygen atoms in total. The molecule has 5 N–H and O–H groups in total. The minimum absolute atomic E-state index is 0.174. The van der Waals surface area contributed by atoms with Crippen molar-refractivity contribution < 1.29 is 20.1 Å². The molecule has 0 amide bonds. The number of carbonyl (C=O) groups excluding carboxylic acids is 1. The zero-order valence-corrected chi connectivity index (χ0v) is 6.21. The lowest BCUT2D eigenvalue weighted by molar-refractivity contribution is -0.122. The van der Waals surface area contributed by atoms with Crippen molar-refractivity contribution in [2.45, 2.75) is 31.3 Å². The van der Waals surface area contributed by atoms with Crippen molar-refractivity contribution in [3.05, 3.63) is 0 Å². The first-order valence-corrected chi connectivity index (χ1v) is 3.25. The van der Waals surface area contributed by atoms with Crippen LogP contribution in [0, 0.1) is 0 Å². The maximum atomic E-state index is 9.93. The van der Waals surface area contributed by atoms with Gasteiger partial charge in [-0.2, -0.15) is 0 Å². The highest BCUT2D eigenvalue weighted by Gasteiger charge is 2.25. The summed E-state index contributed by atoms with van der Waals surface area (Å²) >= 11 is 0. The quantitative estimate of drug-likeness (QED) is 0.346. The topological polar surface area (TPSA) is 104 Å². The Morgan fingerprint density at radius 2 is 1.82 bits per heavy atom. The number of aldehydes is 1. The normalized spacial score (nSPS) is 21.9. The molecule has 4 atom stereocenters. The SMILES string of the molecule is C[C@@H](O)[C@H](N)[C@H](O)[C@@H](O)C=O. The van der Waals surface area contributed by atoms with Crippen LogP contribution in [0.15, 0.2) is 0 Å². The summed E-state index contributed by atoms with van der Waals surface area (Å²) in [7, 11) is 0. The molecule has 0 bridgehead atoms. The van der Waals surface area contributed by atoms with E-state index in [1.165, 1.54) is 6.92 Å². The molecule has 11 heavy (non-hydrogen) atoms. The van der Waals surface area contributed by atoms with E-state index in [4.69, 9.17) is 21.1 Å². The highest BCUT2D eigenvalue weighted by atomic mass is 16.3. The van der Waals surface area contributed by atoms with Crippen molar-refractivity contribution in [2.75, 3.05) is 0 Å². The van der Waals surface area contributed by atoms with Gasteiger partial charge in [0.05, 0.1) is 12.1 Å². The van der Waals surface area contributed by atoms with Crippen LogP contribution in [0.3, 0.4) is 0 Å². The Morgan fingerprint density at radius 1 is 1.36 bits per heavy atom. The largest absolute Gasteiger partial charge is 0.392 e. The summed E-state index contributed by atoms with van der Waals surface area (Å²) in [6, 6.07) is -1.00. The van der Waals surface area contributed by atoms with Crippen molar-refractivity contribution >= 4 is 6.29 Å².